The number of carbonyl (C=O) groups excluding carboxylic acids is 1. The van der Waals surface area contributed by atoms with E-state index in [1.54, 1.807) is 0 Å². The number of carbonyl (C=O) groups is 1. The number of halogens is 1. The molecular weight excluding hydrogens is 256 g/mol. The average Bonchev–Trinajstić information content (AvgIpc) is 2.90. The summed E-state index contributed by atoms with van der Waals surface area (Å²) in [6.45, 7) is 3.19. The van der Waals surface area contributed by atoms with Gasteiger partial charge in [0.15, 0.2) is 0 Å². The largest absolute Gasteiger partial charge is 0.351 e. The zero-order chi connectivity index (χ0) is 11.4. The van der Waals surface area contributed by atoms with E-state index in [2.05, 4.69) is 17.6 Å². The highest BCUT2D eigenvalue weighted by molar-refractivity contribution is 7.99. The molecule has 0 aromatic rings. The van der Waals surface area contributed by atoms with Gasteiger partial charge in [0.25, 0.3) is 0 Å². The van der Waals surface area contributed by atoms with Crippen molar-refractivity contribution in [1.29, 1.82) is 0 Å². The number of thioether (sulfide) groups is 1. The summed E-state index contributed by atoms with van der Waals surface area (Å²) in [5, 5.41) is 7.14. The second-order valence-corrected chi connectivity index (χ2v) is 6.20. The summed E-state index contributed by atoms with van der Waals surface area (Å²) < 4.78 is 0. The maximum absolute atomic E-state index is 12.0. The number of amides is 1. The lowest BCUT2D eigenvalue weighted by atomic mass is 10.2. The minimum Gasteiger partial charge on any atom is -0.351 e. The zero-order valence-corrected chi connectivity index (χ0v) is 12.0. The molecule has 0 aromatic carbocycles. The molecular formula is C12H23ClN2OS. The molecule has 2 N–H and O–H groups in total. The number of rotatable bonds is 4. The Labute approximate surface area is 114 Å². The maximum Gasteiger partial charge on any atom is 0.237 e. The highest BCUT2D eigenvalue weighted by Crippen LogP contribution is 2.30. The molecule has 2 fully saturated rings. The summed E-state index contributed by atoms with van der Waals surface area (Å²) in [5.41, 5.74) is 0. The van der Waals surface area contributed by atoms with Crippen LogP contribution in [-0.4, -0.2) is 35.5 Å². The van der Waals surface area contributed by atoms with E-state index in [0.717, 1.165) is 31.6 Å². The van der Waals surface area contributed by atoms with Crippen LogP contribution in [0.3, 0.4) is 0 Å². The highest BCUT2D eigenvalue weighted by atomic mass is 35.5. The molecule has 3 unspecified atom stereocenters. The van der Waals surface area contributed by atoms with Crippen molar-refractivity contribution in [2.24, 2.45) is 0 Å². The predicted molar refractivity (Wildman–Crippen MR) is 76.0 cm³/mol. The van der Waals surface area contributed by atoms with Crippen LogP contribution in [-0.2, 0) is 4.79 Å². The van der Waals surface area contributed by atoms with Crippen molar-refractivity contribution in [3.8, 4) is 0 Å². The second kappa shape index (κ2) is 7.49. The van der Waals surface area contributed by atoms with E-state index in [1.165, 1.54) is 12.8 Å². The van der Waals surface area contributed by atoms with Crippen LogP contribution in [0.5, 0.6) is 0 Å². The molecule has 2 aliphatic rings. The number of hydrogen-bond acceptors (Lipinski definition) is 3. The zero-order valence-electron chi connectivity index (χ0n) is 10.4. The molecule has 1 saturated heterocycles. The van der Waals surface area contributed by atoms with Crippen molar-refractivity contribution in [3.05, 3.63) is 0 Å². The Morgan fingerprint density at radius 3 is 2.82 bits per heavy atom. The summed E-state index contributed by atoms with van der Waals surface area (Å²) in [6.07, 6.45) is 5.83. The van der Waals surface area contributed by atoms with Gasteiger partial charge < -0.3 is 10.6 Å². The second-order valence-electron chi connectivity index (χ2n) is 4.69. The third-order valence-electron chi connectivity index (χ3n) is 3.54. The molecule has 3 atom stereocenters. The SMILES string of the molecule is CCSC1CCCC1NC(=O)C1CCCN1.Cl. The van der Waals surface area contributed by atoms with Crippen LogP contribution in [0.4, 0.5) is 0 Å². The quantitative estimate of drug-likeness (QED) is 0.826. The molecule has 100 valence electrons. The Bertz CT molecular complexity index is 247. The van der Waals surface area contributed by atoms with Gasteiger partial charge >= 0.3 is 0 Å². The smallest absolute Gasteiger partial charge is 0.237 e. The van der Waals surface area contributed by atoms with Crippen molar-refractivity contribution in [3.63, 3.8) is 0 Å². The van der Waals surface area contributed by atoms with Gasteiger partial charge in [0.2, 0.25) is 5.91 Å². The van der Waals surface area contributed by atoms with E-state index in [0.29, 0.717) is 11.3 Å². The molecule has 5 heteroatoms. The number of nitrogens with one attached hydrogen (secondary N) is 2. The van der Waals surface area contributed by atoms with Crippen LogP contribution in [0.15, 0.2) is 0 Å². The van der Waals surface area contributed by atoms with Gasteiger partial charge in [-0.25, -0.2) is 0 Å². The Morgan fingerprint density at radius 2 is 2.18 bits per heavy atom. The molecule has 1 saturated carbocycles. The molecule has 0 aromatic heterocycles. The molecule has 1 amide bonds. The van der Waals surface area contributed by atoms with Crippen LogP contribution in [0.25, 0.3) is 0 Å². The molecule has 17 heavy (non-hydrogen) atoms. The summed E-state index contributed by atoms with van der Waals surface area (Å²) in [4.78, 5) is 12.0. The Balaban J connectivity index is 0.00000144. The lowest BCUT2D eigenvalue weighted by Gasteiger charge is -2.22. The molecule has 0 spiro atoms. The van der Waals surface area contributed by atoms with Gasteiger partial charge in [0.1, 0.15) is 0 Å². The van der Waals surface area contributed by atoms with Crippen LogP contribution in [0, 0.1) is 0 Å². The van der Waals surface area contributed by atoms with Gasteiger partial charge in [-0.1, -0.05) is 13.3 Å². The van der Waals surface area contributed by atoms with Crippen molar-refractivity contribution in [1.82, 2.24) is 10.6 Å². The first-order chi connectivity index (χ1) is 7.81. The first kappa shape index (κ1) is 15.1. The predicted octanol–water partition coefficient (Wildman–Crippen LogP) is 1.95. The fourth-order valence-corrected chi connectivity index (χ4v) is 3.89. The van der Waals surface area contributed by atoms with E-state index in [9.17, 15) is 4.79 Å². The monoisotopic (exact) mass is 278 g/mol. The van der Waals surface area contributed by atoms with Crippen molar-refractivity contribution in [2.45, 2.75) is 56.4 Å². The molecule has 2 rings (SSSR count). The first-order valence-electron chi connectivity index (χ1n) is 6.46. The summed E-state index contributed by atoms with van der Waals surface area (Å²) in [5.74, 6) is 1.38. The summed E-state index contributed by atoms with van der Waals surface area (Å²) in [7, 11) is 0. The molecule has 1 heterocycles. The van der Waals surface area contributed by atoms with Gasteiger partial charge in [-0.3, -0.25) is 4.79 Å². The van der Waals surface area contributed by atoms with E-state index >= 15 is 0 Å². The van der Waals surface area contributed by atoms with E-state index in [1.807, 2.05) is 11.8 Å². The molecule has 1 aliphatic heterocycles. The van der Waals surface area contributed by atoms with Crippen LogP contribution in [0.2, 0.25) is 0 Å². The van der Waals surface area contributed by atoms with Gasteiger partial charge in [-0.15, -0.1) is 12.4 Å². The lowest BCUT2D eigenvalue weighted by Crippen LogP contribution is -2.47. The van der Waals surface area contributed by atoms with E-state index < -0.39 is 0 Å². The molecule has 0 bridgehead atoms. The number of hydrogen-bond donors (Lipinski definition) is 2. The first-order valence-corrected chi connectivity index (χ1v) is 7.51. The molecule has 0 radical (unpaired) electrons. The summed E-state index contributed by atoms with van der Waals surface area (Å²) in [6, 6.07) is 0.493. The minimum absolute atomic E-state index is 0. The van der Waals surface area contributed by atoms with Crippen molar-refractivity contribution < 1.29 is 4.79 Å². The topological polar surface area (TPSA) is 41.1 Å². The van der Waals surface area contributed by atoms with Crippen molar-refractivity contribution >= 4 is 30.1 Å². The maximum atomic E-state index is 12.0. The minimum atomic E-state index is 0. The van der Waals surface area contributed by atoms with Crippen LogP contribution < -0.4 is 10.6 Å². The lowest BCUT2D eigenvalue weighted by molar-refractivity contribution is -0.123. The van der Waals surface area contributed by atoms with Gasteiger partial charge in [0.05, 0.1) is 6.04 Å². The van der Waals surface area contributed by atoms with Gasteiger partial charge in [0, 0.05) is 11.3 Å². The highest BCUT2D eigenvalue weighted by Gasteiger charge is 2.31. The van der Waals surface area contributed by atoms with Crippen LogP contribution >= 0.6 is 24.2 Å². The Hall–Kier alpha value is 0.0700. The normalized spacial score (nSPS) is 32.2. The third-order valence-corrected chi connectivity index (χ3v) is 4.86. The molecule has 1 aliphatic carbocycles. The van der Waals surface area contributed by atoms with Gasteiger partial charge in [-0.2, -0.15) is 11.8 Å². The average molecular weight is 279 g/mol. The van der Waals surface area contributed by atoms with Crippen LogP contribution in [0.1, 0.15) is 39.0 Å². The Morgan fingerprint density at radius 1 is 1.35 bits per heavy atom. The standard InChI is InChI=1S/C12H22N2OS.ClH/c1-2-16-11-7-3-5-9(11)14-12(15)10-6-4-8-13-10;/h9-11,13H,2-8H2,1H3,(H,14,15);1H. The fraction of sp³-hybridized carbons (Fsp3) is 0.917. The van der Waals surface area contributed by atoms with E-state index in [-0.39, 0.29) is 24.4 Å². The summed E-state index contributed by atoms with van der Waals surface area (Å²) >= 11 is 2.00. The third kappa shape index (κ3) is 4.04. The molecule has 3 nitrogen and oxygen atoms in total. The fourth-order valence-electron chi connectivity index (χ4n) is 2.70. The van der Waals surface area contributed by atoms with Crippen molar-refractivity contribution in [2.75, 3.05) is 12.3 Å². The van der Waals surface area contributed by atoms with E-state index in [4.69, 9.17) is 0 Å². The Kier molecular flexibility index (Phi) is 6.67. The van der Waals surface area contributed by atoms with Gasteiger partial charge in [-0.05, 0) is 38.0 Å².